The van der Waals surface area contributed by atoms with E-state index in [4.69, 9.17) is 4.99 Å². The molecule has 8 rings (SSSR count). The largest absolute Gasteiger partial charge is 0.359 e. The smallest absolute Gasteiger partial charge is 0.146 e. The molecule has 0 saturated heterocycles. The van der Waals surface area contributed by atoms with Crippen LogP contribution in [0.25, 0.3) is 44.4 Å². The van der Waals surface area contributed by atoms with Gasteiger partial charge in [0, 0.05) is 35.0 Å². The van der Waals surface area contributed by atoms with E-state index >= 15 is 0 Å². The molecule has 0 saturated carbocycles. The molecule has 0 spiro atoms. The first kappa shape index (κ1) is 30.4. The van der Waals surface area contributed by atoms with Crippen LogP contribution in [-0.4, -0.2) is 16.7 Å². The lowest BCUT2D eigenvalue weighted by atomic mass is 9.87. The van der Waals surface area contributed by atoms with Gasteiger partial charge in [0.25, 0.3) is 0 Å². The third-order valence-electron chi connectivity index (χ3n) is 8.99. The minimum atomic E-state index is -0.309. The van der Waals surface area contributed by atoms with Gasteiger partial charge >= 0.3 is 0 Å². The summed E-state index contributed by atoms with van der Waals surface area (Å²) in [4.78, 5) is 11.1. The molecule has 49 heavy (non-hydrogen) atoms. The first-order valence-corrected chi connectivity index (χ1v) is 17.1. The molecular weight excluding hydrogens is 617 g/mol. The zero-order chi connectivity index (χ0) is 33.2. The fraction of sp³-hybridized carbons (Fsp3) is 0.0455. The number of fused-ring (bicyclic) bond motifs is 2. The van der Waals surface area contributed by atoms with Crippen molar-refractivity contribution in [3.63, 3.8) is 0 Å². The number of benzene rings is 6. The van der Waals surface area contributed by atoms with E-state index in [1.54, 1.807) is 11.9 Å². The highest BCUT2D eigenvalue weighted by atomic mass is 32.2. The van der Waals surface area contributed by atoms with Gasteiger partial charge in [-0.1, -0.05) is 140 Å². The summed E-state index contributed by atoms with van der Waals surface area (Å²) >= 11 is 1.65. The van der Waals surface area contributed by atoms with Gasteiger partial charge in [-0.2, -0.15) is 0 Å². The maximum absolute atomic E-state index is 5.40. The molecule has 1 unspecified atom stereocenters. The van der Waals surface area contributed by atoms with E-state index in [1.165, 1.54) is 27.1 Å². The number of hydrogen-bond donors (Lipinski definition) is 1. The van der Waals surface area contributed by atoms with Crippen LogP contribution in [0.4, 0.5) is 0 Å². The van der Waals surface area contributed by atoms with Crippen molar-refractivity contribution >= 4 is 51.0 Å². The first-order valence-electron chi connectivity index (χ1n) is 16.4. The Balaban J connectivity index is 1.34. The monoisotopic (exact) mass is 650 g/mol. The molecule has 0 amide bonds. The van der Waals surface area contributed by atoms with E-state index in [0.29, 0.717) is 0 Å². The summed E-state index contributed by atoms with van der Waals surface area (Å²) in [7, 11) is 1.84. The molecule has 5 heteroatoms. The topological polar surface area (TPSA) is 41.7 Å². The number of rotatable bonds is 7. The van der Waals surface area contributed by atoms with E-state index in [-0.39, 0.29) is 6.17 Å². The standard InChI is InChI=1S/C44H34N4S/c1-3-30-16-10-15-25-40(30)49-48-29-33(26-27-41(48)45-2)42-34-21-11-13-23-36(34)43(37-24-14-12-22-35(37)42)44-46-38(31-17-6-4-7-18-31)28-39(47-44)32-19-8-5-9-20-32/h3-29,44,46H,1H2,2H3. The normalized spacial score (nSPS) is 14.7. The molecule has 7 aromatic rings. The van der Waals surface area contributed by atoms with Gasteiger partial charge in [-0.3, -0.25) is 14.0 Å². The maximum atomic E-state index is 5.40. The van der Waals surface area contributed by atoms with Crippen LogP contribution in [0.15, 0.2) is 179 Å². The highest BCUT2D eigenvalue weighted by Crippen LogP contribution is 2.43. The van der Waals surface area contributed by atoms with Crippen LogP contribution < -0.4 is 10.8 Å². The molecule has 1 aromatic heterocycles. The molecular formula is C44H34N4S. The summed E-state index contributed by atoms with van der Waals surface area (Å²) in [6.45, 7) is 4.04. The van der Waals surface area contributed by atoms with Crippen LogP contribution in [0.5, 0.6) is 0 Å². The summed E-state index contributed by atoms with van der Waals surface area (Å²) in [6, 6.07) is 51.0. The minimum Gasteiger partial charge on any atom is -0.359 e. The van der Waals surface area contributed by atoms with Crippen molar-refractivity contribution in [1.82, 2.24) is 9.29 Å². The van der Waals surface area contributed by atoms with E-state index in [1.807, 2.05) is 25.3 Å². The van der Waals surface area contributed by atoms with Crippen LogP contribution in [0.1, 0.15) is 28.4 Å². The maximum Gasteiger partial charge on any atom is 0.146 e. The minimum absolute atomic E-state index is 0.309. The lowest BCUT2D eigenvalue weighted by Gasteiger charge is -2.28. The van der Waals surface area contributed by atoms with Crippen LogP contribution in [0.2, 0.25) is 0 Å². The Morgan fingerprint density at radius 3 is 1.92 bits per heavy atom. The molecule has 236 valence electrons. The molecule has 0 fully saturated rings. The van der Waals surface area contributed by atoms with Gasteiger partial charge in [-0.15, -0.1) is 0 Å². The van der Waals surface area contributed by atoms with Gasteiger partial charge in [-0.25, -0.2) is 0 Å². The second kappa shape index (κ2) is 13.3. The Hall–Kier alpha value is -5.91. The van der Waals surface area contributed by atoms with Crippen molar-refractivity contribution in [3.8, 4) is 11.1 Å². The van der Waals surface area contributed by atoms with Crippen LogP contribution in [-0.2, 0) is 0 Å². The lowest BCUT2D eigenvalue weighted by molar-refractivity contribution is 0.674. The third kappa shape index (κ3) is 5.79. The van der Waals surface area contributed by atoms with Gasteiger partial charge in [0.2, 0.25) is 0 Å². The van der Waals surface area contributed by atoms with Crippen LogP contribution in [0.3, 0.4) is 0 Å². The molecule has 4 nitrogen and oxygen atoms in total. The molecule has 0 aliphatic carbocycles. The number of nitrogens with zero attached hydrogens (tertiary/aromatic N) is 3. The predicted octanol–water partition coefficient (Wildman–Crippen LogP) is 10.3. The van der Waals surface area contributed by atoms with Gasteiger partial charge < -0.3 is 5.32 Å². The van der Waals surface area contributed by atoms with Gasteiger partial charge in [0.1, 0.15) is 11.7 Å². The number of aliphatic imine (C=N–C) groups is 1. The molecule has 0 radical (unpaired) electrons. The van der Waals surface area contributed by atoms with E-state index in [9.17, 15) is 0 Å². The highest BCUT2D eigenvalue weighted by molar-refractivity contribution is 7.97. The van der Waals surface area contributed by atoms with Crippen molar-refractivity contribution in [2.45, 2.75) is 11.1 Å². The zero-order valence-electron chi connectivity index (χ0n) is 27.1. The number of nitrogens with one attached hydrogen (secondary N) is 1. The molecule has 6 aromatic carbocycles. The molecule has 2 heterocycles. The Bertz CT molecular complexity index is 2420. The van der Waals surface area contributed by atoms with Gasteiger partial charge in [-0.05, 0) is 80.0 Å². The zero-order valence-corrected chi connectivity index (χ0v) is 27.9. The summed E-state index contributed by atoms with van der Waals surface area (Å²) in [5.74, 6) is 0. The highest BCUT2D eigenvalue weighted by Gasteiger charge is 2.25. The molecule has 1 N–H and O–H groups in total. The first-order chi connectivity index (χ1) is 24.2. The number of aromatic nitrogens is 1. The Labute approximate surface area is 290 Å². The van der Waals surface area contributed by atoms with Crippen LogP contribution >= 0.6 is 11.9 Å². The molecule has 1 aliphatic rings. The van der Waals surface area contributed by atoms with Gasteiger partial charge in [0.15, 0.2) is 0 Å². The van der Waals surface area contributed by atoms with Crippen molar-refractivity contribution in [3.05, 3.63) is 192 Å². The summed E-state index contributed by atoms with van der Waals surface area (Å²) < 4.78 is 2.16. The second-order valence-corrected chi connectivity index (χ2v) is 12.9. The lowest BCUT2D eigenvalue weighted by Crippen LogP contribution is -2.25. The average Bonchev–Trinajstić information content (AvgIpc) is 3.17. The fourth-order valence-corrected chi connectivity index (χ4v) is 7.71. The molecule has 0 bridgehead atoms. The predicted molar refractivity (Wildman–Crippen MR) is 207 cm³/mol. The average molecular weight is 651 g/mol. The van der Waals surface area contributed by atoms with E-state index in [2.05, 4.69) is 167 Å². The van der Waals surface area contributed by atoms with Crippen LogP contribution in [0, 0.1) is 0 Å². The van der Waals surface area contributed by atoms with Crippen molar-refractivity contribution in [2.75, 3.05) is 7.05 Å². The van der Waals surface area contributed by atoms with E-state index < -0.39 is 0 Å². The van der Waals surface area contributed by atoms with Crippen molar-refractivity contribution in [2.24, 2.45) is 9.98 Å². The second-order valence-electron chi connectivity index (χ2n) is 11.9. The number of pyridine rings is 1. The third-order valence-corrected chi connectivity index (χ3v) is 10.0. The fourth-order valence-electron chi connectivity index (χ4n) is 6.70. The SMILES string of the molecule is C=Cc1ccccc1Sn1cc(-c2c3ccccc3c(C3N=C(c4ccccc4)C=C(c4ccccc4)N3)c3ccccc23)ccc1=NC. The molecule has 1 aliphatic heterocycles. The quantitative estimate of drug-likeness (QED) is 0.175. The summed E-state index contributed by atoms with van der Waals surface area (Å²) in [5.41, 5.74) is 9.66. The Morgan fingerprint density at radius 1 is 0.673 bits per heavy atom. The van der Waals surface area contributed by atoms with Gasteiger partial charge in [0.05, 0.1) is 5.71 Å². The van der Waals surface area contributed by atoms with Crippen molar-refractivity contribution in [1.29, 1.82) is 0 Å². The number of allylic oxidation sites excluding steroid dienone is 1. The summed E-state index contributed by atoms with van der Waals surface area (Å²) in [6.07, 6.45) is 5.97. The Kier molecular flexibility index (Phi) is 8.26. The van der Waals surface area contributed by atoms with E-state index in [0.717, 1.165) is 49.6 Å². The Morgan fingerprint density at radius 2 is 1.27 bits per heavy atom. The van der Waals surface area contributed by atoms with Crippen molar-refractivity contribution < 1.29 is 0 Å². The summed E-state index contributed by atoms with van der Waals surface area (Å²) in [5, 5.41) is 8.52. The molecule has 1 atom stereocenters. The number of hydrogen-bond acceptors (Lipinski definition) is 4.